The van der Waals surface area contributed by atoms with Crippen molar-refractivity contribution < 1.29 is 14.6 Å². The van der Waals surface area contributed by atoms with E-state index in [0.29, 0.717) is 39.2 Å². The number of methoxy groups -OCH3 is 2. The van der Waals surface area contributed by atoms with Crippen LogP contribution in [0.25, 0.3) is 22.3 Å². The number of aromatic hydroxyl groups is 1. The first-order chi connectivity index (χ1) is 15.5. The molecule has 170 valence electrons. The molecule has 0 unspecified atom stereocenters. The number of likely N-dealkylation sites (N-methyl/N-ethyl adjacent to an activating group) is 1. The Hall–Kier alpha value is -2.81. The van der Waals surface area contributed by atoms with Gasteiger partial charge in [-0.15, -0.1) is 0 Å². The highest BCUT2D eigenvalue weighted by atomic mass is 35.5. The Kier molecular flexibility index (Phi) is 6.83. The quantitative estimate of drug-likeness (QED) is 0.559. The number of fused-ring (bicyclic) bond motifs is 1. The topological polar surface area (TPSA) is 83.0 Å². The van der Waals surface area contributed by atoms with Gasteiger partial charge in [0.15, 0.2) is 17.3 Å². The molecule has 2 aromatic carbocycles. The Morgan fingerprint density at radius 3 is 2.47 bits per heavy atom. The number of anilines is 1. The lowest BCUT2D eigenvalue weighted by atomic mass is 10.1. The van der Waals surface area contributed by atoms with Gasteiger partial charge in [-0.25, -0.2) is 9.97 Å². The number of aromatic nitrogens is 2. The molecule has 2 N–H and O–H groups in total. The standard InChI is InChI=1S/C23H28ClN5O3/c1-28-8-10-29(11-9-28)7-6-25-22-16-13-20(31-2)21(32-3)14-18(16)26-23(27-22)17-12-15(24)4-5-19(17)30/h4-5,12-14,30H,6-11H2,1-3H3,(H,25,26,27). The Labute approximate surface area is 192 Å². The maximum absolute atomic E-state index is 10.4. The summed E-state index contributed by atoms with van der Waals surface area (Å²) in [7, 11) is 5.34. The van der Waals surface area contributed by atoms with Crippen molar-refractivity contribution in [2.24, 2.45) is 0 Å². The predicted molar refractivity (Wildman–Crippen MR) is 127 cm³/mol. The number of hydrogen-bond acceptors (Lipinski definition) is 8. The fraction of sp³-hybridized carbons (Fsp3) is 0.391. The first-order valence-electron chi connectivity index (χ1n) is 10.6. The maximum Gasteiger partial charge on any atom is 0.165 e. The van der Waals surface area contributed by atoms with Crippen LogP contribution >= 0.6 is 11.6 Å². The fourth-order valence-corrected chi connectivity index (χ4v) is 3.97. The van der Waals surface area contributed by atoms with Gasteiger partial charge in [0.1, 0.15) is 11.6 Å². The number of piperazine rings is 1. The average Bonchev–Trinajstić information content (AvgIpc) is 2.80. The van der Waals surface area contributed by atoms with Crippen LogP contribution in [0, 0.1) is 0 Å². The van der Waals surface area contributed by atoms with E-state index < -0.39 is 0 Å². The van der Waals surface area contributed by atoms with Gasteiger partial charge >= 0.3 is 0 Å². The number of ether oxygens (including phenoxy) is 2. The molecular formula is C23H28ClN5O3. The second-order valence-corrected chi connectivity index (χ2v) is 8.29. The fourth-order valence-electron chi connectivity index (χ4n) is 3.80. The molecule has 4 rings (SSSR count). The van der Waals surface area contributed by atoms with Crippen molar-refractivity contribution >= 4 is 28.3 Å². The van der Waals surface area contributed by atoms with Crippen LogP contribution in [0.2, 0.25) is 5.02 Å². The van der Waals surface area contributed by atoms with Gasteiger partial charge in [0.2, 0.25) is 0 Å². The van der Waals surface area contributed by atoms with Gasteiger partial charge < -0.3 is 24.8 Å². The molecule has 1 fully saturated rings. The molecule has 0 amide bonds. The molecule has 2 heterocycles. The predicted octanol–water partition coefficient (Wildman–Crippen LogP) is 3.33. The summed E-state index contributed by atoms with van der Waals surface area (Å²) in [6.07, 6.45) is 0. The summed E-state index contributed by atoms with van der Waals surface area (Å²) in [5.74, 6) is 2.29. The first kappa shape index (κ1) is 22.4. The molecule has 8 nitrogen and oxygen atoms in total. The van der Waals surface area contributed by atoms with Crippen LogP contribution in [-0.2, 0) is 0 Å². The Morgan fingerprint density at radius 1 is 1.03 bits per heavy atom. The third-order valence-corrected chi connectivity index (χ3v) is 5.95. The normalized spacial score (nSPS) is 15.1. The number of phenolic OH excluding ortho intramolecular Hbond substituents is 1. The van der Waals surface area contributed by atoms with Crippen LogP contribution in [0.4, 0.5) is 5.82 Å². The number of nitrogens with one attached hydrogen (secondary N) is 1. The lowest BCUT2D eigenvalue weighted by Gasteiger charge is -2.32. The number of benzene rings is 2. The Balaban J connectivity index is 1.70. The van der Waals surface area contributed by atoms with Crippen LogP contribution in [0.3, 0.4) is 0 Å². The third kappa shape index (κ3) is 4.82. The molecule has 1 aromatic heterocycles. The van der Waals surface area contributed by atoms with Crippen molar-refractivity contribution in [3.8, 4) is 28.6 Å². The lowest BCUT2D eigenvalue weighted by Crippen LogP contribution is -2.45. The summed E-state index contributed by atoms with van der Waals surface area (Å²) in [5, 5.41) is 15.2. The zero-order chi connectivity index (χ0) is 22.7. The van der Waals surface area contributed by atoms with Gasteiger partial charge in [-0.05, 0) is 31.3 Å². The molecule has 0 bridgehead atoms. The van der Waals surface area contributed by atoms with E-state index in [1.54, 1.807) is 32.4 Å². The monoisotopic (exact) mass is 457 g/mol. The highest BCUT2D eigenvalue weighted by Crippen LogP contribution is 2.37. The second-order valence-electron chi connectivity index (χ2n) is 7.85. The van der Waals surface area contributed by atoms with E-state index in [9.17, 15) is 5.11 Å². The summed E-state index contributed by atoms with van der Waals surface area (Å²) < 4.78 is 10.9. The van der Waals surface area contributed by atoms with Gasteiger partial charge in [0.25, 0.3) is 0 Å². The Bertz CT molecular complexity index is 1100. The van der Waals surface area contributed by atoms with Crippen molar-refractivity contribution in [1.29, 1.82) is 0 Å². The smallest absolute Gasteiger partial charge is 0.165 e. The van der Waals surface area contributed by atoms with E-state index in [-0.39, 0.29) is 5.75 Å². The van der Waals surface area contributed by atoms with Crippen molar-refractivity contribution in [2.45, 2.75) is 0 Å². The number of hydrogen-bond donors (Lipinski definition) is 2. The van der Waals surface area contributed by atoms with Crippen molar-refractivity contribution in [3.63, 3.8) is 0 Å². The molecule has 1 aliphatic heterocycles. The highest BCUT2D eigenvalue weighted by molar-refractivity contribution is 6.30. The largest absolute Gasteiger partial charge is 0.507 e. The molecule has 0 atom stereocenters. The average molecular weight is 458 g/mol. The molecule has 9 heteroatoms. The van der Waals surface area contributed by atoms with E-state index >= 15 is 0 Å². The molecule has 1 aliphatic rings. The maximum atomic E-state index is 10.4. The molecule has 32 heavy (non-hydrogen) atoms. The van der Waals surface area contributed by atoms with Crippen LogP contribution < -0.4 is 14.8 Å². The first-order valence-corrected chi connectivity index (χ1v) is 10.9. The number of rotatable bonds is 7. The zero-order valence-corrected chi connectivity index (χ0v) is 19.3. The summed E-state index contributed by atoms with van der Waals surface area (Å²) in [5.41, 5.74) is 1.14. The van der Waals surface area contributed by atoms with E-state index in [1.807, 2.05) is 12.1 Å². The molecule has 0 spiro atoms. The van der Waals surface area contributed by atoms with Crippen molar-refractivity contribution in [2.75, 3.05) is 65.9 Å². The summed E-state index contributed by atoms with van der Waals surface area (Å²) >= 11 is 6.16. The summed E-state index contributed by atoms with van der Waals surface area (Å²) in [6.45, 7) is 5.89. The minimum Gasteiger partial charge on any atom is -0.507 e. The molecule has 0 saturated carbocycles. The zero-order valence-electron chi connectivity index (χ0n) is 18.6. The third-order valence-electron chi connectivity index (χ3n) is 5.72. The SMILES string of the molecule is COc1cc2nc(-c3cc(Cl)ccc3O)nc(NCCN3CCN(C)CC3)c2cc1OC. The lowest BCUT2D eigenvalue weighted by molar-refractivity contribution is 0.158. The van der Waals surface area contributed by atoms with Gasteiger partial charge in [-0.1, -0.05) is 11.6 Å². The molecule has 0 aliphatic carbocycles. The minimum absolute atomic E-state index is 0.0672. The van der Waals surface area contributed by atoms with E-state index in [2.05, 4.69) is 27.1 Å². The molecule has 0 radical (unpaired) electrons. The number of halogens is 1. The minimum atomic E-state index is 0.0672. The summed E-state index contributed by atoms with van der Waals surface area (Å²) in [6, 6.07) is 8.51. The molecule has 1 saturated heterocycles. The van der Waals surface area contributed by atoms with Gasteiger partial charge in [-0.2, -0.15) is 0 Å². The van der Waals surface area contributed by atoms with Gasteiger partial charge in [0, 0.05) is 55.7 Å². The number of phenols is 1. The van der Waals surface area contributed by atoms with Crippen LogP contribution in [0.5, 0.6) is 17.2 Å². The van der Waals surface area contributed by atoms with Crippen LogP contribution in [-0.4, -0.2) is 85.4 Å². The van der Waals surface area contributed by atoms with E-state index in [1.165, 1.54) is 0 Å². The van der Waals surface area contributed by atoms with Crippen LogP contribution in [0.15, 0.2) is 30.3 Å². The van der Waals surface area contributed by atoms with E-state index in [4.69, 9.17) is 26.1 Å². The molecular weight excluding hydrogens is 430 g/mol. The second kappa shape index (κ2) is 9.77. The summed E-state index contributed by atoms with van der Waals surface area (Å²) in [4.78, 5) is 14.2. The van der Waals surface area contributed by atoms with Crippen LogP contribution in [0.1, 0.15) is 0 Å². The Morgan fingerprint density at radius 2 is 1.75 bits per heavy atom. The van der Waals surface area contributed by atoms with E-state index in [0.717, 1.165) is 44.7 Å². The van der Waals surface area contributed by atoms with Crippen molar-refractivity contribution in [1.82, 2.24) is 19.8 Å². The highest BCUT2D eigenvalue weighted by Gasteiger charge is 2.17. The van der Waals surface area contributed by atoms with Gasteiger partial charge in [-0.3, -0.25) is 4.90 Å². The van der Waals surface area contributed by atoms with Gasteiger partial charge in [0.05, 0.1) is 25.3 Å². The number of nitrogens with zero attached hydrogens (tertiary/aromatic N) is 4. The van der Waals surface area contributed by atoms with Crippen molar-refractivity contribution in [3.05, 3.63) is 35.4 Å². The molecule has 3 aromatic rings.